The van der Waals surface area contributed by atoms with E-state index in [1.807, 2.05) is 6.92 Å². The highest BCUT2D eigenvalue weighted by Crippen LogP contribution is 2.20. The van der Waals surface area contributed by atoms with E-state index in [0.29, 0.717) is 5.92 Å². The molecule has 0 saturated carbocycles. The van der Waals surface area contributed by atoms with Crippen LogP contribution in [0.5, 0.6) is 0 Å². The van der Waals surface area contributed by atoms with E-state index in [2.05, 4.69) is 20.5 Å². The van der Waals surface area contributed by atoms with Crippen LogP contribution in [-0.2, 0) is 0 Å². The summed E-state index contributed by atoms with van der Waals surface area (Å²) < 4.78 is 0. The van der Waals surface area contributed by atoms with Crippen LogP contribution in [0.15, 0.2) is 6.33 Å². The molecule has 1 aliphatic heterocycles. The van der Waals surface area contributed by atoms with Crippen molar-refractivity contribution in [1.29, 1.82) is 0 Å². The summed E-state index contributed by atoms with van der Waals surface area (Å²) in [6.45, 7) is 4.09. The van der Waals surface area contributed by atoms with Gasteiger partial charge in [0.2, 0.25) is 0 Å². The van der Waals surface area contributed by atoms with E-state index in [1.54, 1.807) is 0 Å². The number of hydrogen-bond acceptors (Lipinski definition) is 4. The highest BCUT2D eigenvalue weighted by molar-refractivity contribution is 5.14. The third-order valence-electron chi connectivity index (χ3n) is 2.29. The van der Waals surface area contributed by atoms with Crippen LogP contribution in [-0.4, -0.2) is 28.3 Å². The van der Waals surface area contributed by atoms with E-state index in [-0.39, 0.29) is 0 Å². The predicted octanol–water partition coefficient (Wildman–Crippen LogP) is 0.257. The van der Waals surface area contributed by atoms with Crippen LogP contribution in [0.3, 0.4) is 0 Å². The Morgan fingerprint density at radius 2 is 2.50 bits per heavy atom. The van der Waals surface area contributed by atoms with Gasteiger partial charge in [0, 0.05) is 12.5 Å². The summed E-state index contributed by atoms with van der Waals surface area (Å²) >= 11 is 0. The maximum absolute atomic E-state index is 4.12. The minimum absolute atomic E-state index is 0.520. The molecule has 1 fully saturated rings. The van der Waals surface area contributed by atoms with Crippen LogP contribution in [0, 0.1) is 6.92 Å². The normalized spacial score (nSPS) is 22.9. The molecule has 1 aromatic heterocycles. The van der Waals surface area contributed by atoms with Gasteiger partial charge >= 0.3 is 0 Å². The zero-order chi connectivity index (χ0) is 8.39. The van der Waals surface area contributed by atoms with Gasteiger partial charge in [-0.1, -0.05) is 0 Å². The van der Waals surface area contributed by atoms with E-state index in [1.165, 1.54) is 6.33 Å². The van der Waals surface area contributed by atoms with Gasteiger partial charge in [-0.25, -0.2) is 4.98 Å². The minimum atomic E-state index is 0.520. The number of nitrogens with one attached hydrogen (secondary N) is 1. The highest BCUT2D eigenvalue weighted by atomic mass is 15.1. The van der Waals surface area contributed by atoms with E-state index in [0.717, 1.165) is 30.9 Å². The first-order valence-electron chi connectivity index (χ1n) is 4.23. The van der Waals surface area contributed by atoms with Gasteiger partial charge < -0.3 is 5.32 Å². The Bertz CT molecular complexity index is 268. The van der Waals surface area contributed by atoms with Crippen LogP contribution in [0.1, 0.15) is 23.7 Å². The molecule has 0 radical (unpaired) electrons. The van der Waals surface area contributed by atoms with Gasteiger partial charge in [-0.15, -0.1) is 5.10 Å². The largest absolute Gasteiger partial charge is 0.316 e. The molecule has 2 heterocycles. The summed E-state index contributed by atoms with van der Waals surface area (Å²) in [5.74, 6) is 0.520. The number of aryl methyl sites for hydroxylation is 1. The molecule has 1 aromatic rings. The Kier molecular flexibility index (Phi) is 1.99. The molecule has 1 saturated heterocycles. The van der Waals surface area contributed by atoms with Gasteiger partial charge in [0.25, 0.3) is 0 Å². The highest BCUT2D eigenvalue weighted by Gasteiger charge is 2.20. The molecule has 4 nitrogen and oxygen atoms in total. The number of hydrogen-bond donors (Lipinski definition) is 1. The van der Waals surface area contributed by atoms with Gasteiger partial charge in [-0.2, -0.15) is 5.10 Å². The fourth-order valence-corrected chi connectivity index (χ4v) is 1.60. The minimum Gasteiger partial charge on any atom is -0.316 e. The second-order valence-electron chi connectivity index (χ2n) is 3.12. The van der Waals surface area contributed by atoms with Crippen molar-refractivity contribution in [3.8, 4) is 0 Å². The first-order chi connectivity index (χ1) is 5.88. The monoisotopic (exact) mass is 164 g/mol. The van der Waals surface area contributed by atoms with Crippen LogP contribution >= 0.6 is 0 Å². The Morgan fingerprint density at radius 1 is 1.58 bits per heavy atom. The molecule has 12 heavy (non-hydrogen) atoms. The summed E-state index contributed by atoms with van der Waals surface area (Å²) in [6, 6.07) is 0. The summed E-state index contributed by atoms with van der Waals surface area (Å²) in [5, 5.41) is 11.2. The predicted molar refractivity (Wildman–Crippen MR) is 44.8 cm³/mol. The molecule has 1 N–H and O–H groups in total. The van der Waals surface area contributed by atoms with Crippen molar-refractivity contribution in [3.63, 3.8) is 0 Å². The topological polar surface area (TPSA) is 50.7 Å². The molecule has 0 bridgehead atoms. The molecule has 1 atom stereocenters. The summed E-state index contributed by atoms with van der Waals surface area (Å²) in [7, 11) is 0. The fraction of sp³-hybridized carbons (Fsp3) is 0.625. The number of rotatable bonds is 1. The van der Waals surface area contributed by atoms with Gasteiger partial charge in [0.05, 0.1) is 11.4 Å². The molecular weight excluding hydrogens is 152 g/mol. The molecule has 1 aliphatic rings. The van der Waals surface area contributed by atoms with E-state index >= 15 is 0 Å². The summed E-state index contributed by atoms with van der Waals surface area (Å²) in [4.78, 5) is 4.12. The number of aromatic nitrogens is 3. The zero-order valence-corrected chi connectivity index (χ0v) is 7.12. The van der Waals surface area contributed by atoms with Crippen LogP contribution < -0.4 is 5.32 Å². The first-order valence-corrected chi connectivity index (χ1v) is 4.23. The zero-order valence-electron chi connectivity index (χ0n) is 7.12. The Balaban J connectivity index is 2.26. The SMILES string of the molecule is Cc1ncnnc1C1CCNC1. The van der Waals surface area contributed by atoms with Gasteiger partial charge in [0.15, 0.2) is 0 Å². The third kappa shape index (κ3) is 1.30. The van der Waals surface area contributed by atoms with Crippen molar-refractivity contribution >= 4 is 0 Å². The molecule has 64 valence electrons. The van der Waals surface area contributed by atoms with Crippen LogP contribution in [0.25, 0.3) is 0 Å². The van der Waals surface area contributed by atoms with E-state index < -0.39 is 0 Å². The van der Waals surface area contributed by atoms with Crippen molar-refractivity contribution in [2.24, 2.45) is 0 Å². The second kappa shape index (κ2) is 3.15. The smallest absolute Gasteiger partial charge is 0.138 e. The van der Waals surface area contributed by atoms with E-state index in [9.17, 15) is 0 Å². The molecule has 0 aromatic carbocycles. The lowest BCUT2D eigenvalue weighted by atomic mass is 10.0. The third-order valence-corrected chi connectivity index (χ3v) is 2.29. The van der Waals surface area contributed by atoms with Crippen molar-refractivity contribution in [3.05, 3.63) is 17.7 Å². The molecule has 0 spiro atoms. The first kappa shape index (κ1) is 7.61. The lowest BCUT2D eigenvalue weighted by Gasteiger charge is -2.07. The fourth-order valence-electron chi connectivity index (χ4n) is 1.60. The molecular formula is C8H12N4. The lowest BCUT2D eigenvalue weighted by molar-refractivity contribution is 0.691. The van der Waals surface area contributed by atoms with Crippen molar-refractivity contribution in [1.82, 2.24) is 20.5 Å². The average molecular weight is 164 g/mol. The molecule has 0 amide bonds. The summed E-state index contributed by atoms with van der Waals surface area (Å²) in [6.07, 6.45) is 2.66. The Labute approximate surface area is 71.4 Å². The Morgan fingerprint density at radius 3 is 3.17 bits per heavy atom. The second-order valence-corrected chi connectivity index (χ2v) is 3.12. The van der Waals surface area contributed by atoms with Gasteiger partial charge in [-0.05, 0) is 19.9 Å². The van der Waals surface area contributed by atoms with E-state index in [4.69, 9.17) is 0 Å². The molecule has 2 rings (SSSR count). The maximum Gasteiger partial charge on any atom is 0.138 e. The number of nitrogens with zero attached hydrogens (tertiary/aromatic N) is 3. The molecule has 4 heteroatoms. The van der Waals surface area contributed by atoms with Crippen LogP contribution in [0.4, 0.5) is 0 Å². The summed E-state index contributed by atoms with van der Waals surface area (Å²) in [5.41, 5.74) is 2.07. The Hall–Kier alpha value is -1.03. The maximum atomic E-state index is 4.12. The lowest BCUT2D eigenvalue weighted by Crippen LogP contribution is -2.11. The molecule has 1 unspecified atom stereocenters. The van der Waals surface area contributed by atoms with Gasteiger partial charge in [-0.3, -0.25) is 0 Å². The average Bonchev–Trinajstić information content (AvgIpc) is 2.57. The van der Waals surface area contributed by atoms with Gasteiger partial charge in [0.1, 0.15) is 6.33 Å². The standard InChI is InChI=1S/C8H12N4/c1-6-8(12-11-5-10-6)7-2-3-9-4-7/h5,7,9H,2-4H2,1H3. The quantitative estimate of drug-likeness (QED) is 0.646. The van der Waals surface area contributed by atoms with Crippen molar-refractivity contribution in [2.75, 3.05) is 13.1 Å². The van der Waals surface area contributed by atoms with Crippen molar-refractivity contribution < 1.29 is 0 Å². The molecule has 0 aliphatic carbocycles. The van der Waals surface area contributed by atoms with Crippen LogP contribution in [0.2, 0.25) is 0 Å². The van der Waals surface area contributed by atoms with Crippen molar-refractivity contribution in [2.45, 2.75) is 19.3 Å².